The third-order valence-corrected chi connectivity index (χ3v) is 5.66. The van der Waals surface area contributed by atoms with E-state index < -0.39 is 0 Å². The third-order valence-electron chi connectivity index (χ3n) is 4.83. The summed E-state index contributed by atoms with van der Waals surface area (Å²) >= 11 is 1.69. The summed E-state index contributed by atoms with van der Waals surface area (Å²) in [6.45, 7) is 4.37. The van der Waals surface area contributed by atoms with Crippen molar-refractivity contribution >= 4 is 57.2 Å². The zero-order valence-corrected chi connectivity index (χ0v) is 18.3. The average molecular weight is 493 g/mol. The second-order valence-electron chi connectivity index (χ2n) is 6.42. The van der Waals surface area contributed by atoms with E-state index in [4.69, 9.17) is 5.73 Å². The van der Waals surface area contributed by atoms with Crippen molar-refractivity contribution in [2.24, 2.45) is 10.7 Å². The van der Waals surface area contributed by atoms with Gasteiger partial charge in [-0.2, -0.15) is 0 Å². The first-order chi connectivity index (χ1) is 12.8. The van der Waals surface area contributed by atoms with Crippen LogP contribution in [0.15, 0.2) is 59.0 Å². The number of fused-ring (bicyclic) bond motifs is 1. The summed E-state index contributed by atoms with van der Waals surface area (Å²) < 4.78 is 0. The molecule has 0 bridgehead atoms. The highest BCUT2D eigenvalue weighted by atomic mass is 127. The molecule has 1 aliphatic rings. The van der Waals surface area contributed by atoms with Crippen LogP contribution in [-0.2, 0) is 6.42 Å². The first kappa shape index (κ1) is 19.9. The highest BCUT2D eigenvalue weighted by Crippen LogP contribution is 2.20. The van der Waals surface area contributed by atoms with Crippen molar-refractivity contribution in [1.82, 2.24) is 9.88 Å². The fourth-order valence-electron chi connectivity index (χ4n) is 3.40. The molecule has 0 amide bonds. The Morgan fingerprint density at radius 1 is 1.07 bits per heavy atom. The summed E-state index contributed by atoms with van der Waals surface area (Å²) in [5.41, 5.74) is 7.56. The van der Waals surface area contributed by atoms with Crippen molar-refractivity contribution in [2.45, 2.75) is 6.42 Å². The zero-order chi connectivity index (χ0) is 17.8. The first-order valence-corrected chi connectivity index (χ1v) is 9.85. The highest BCUT2D eigenvalue weighted by Gasteiger charge is 2.19. The molecular weight excluding hydrogens is 469 g/mol. The van der Waals surface area contributed by atoms with Crippen LogP contribution in [0.1, 0.15) is 5.56 Å². The lowest BCUT2D eigenvalue weighted by atomic mass is 10.0. The van der Waals surface area contributed by atoms with Gasteiger partial charge in [0.1, 0.15) is 0 Å². The van der Waals surface area contributed by atoms with E-state index in [1.807, 2.05) is 11.6 Å². The monoisotopic (exact) mass is 493 g/mol. The van der Waals surface area contributed by atoms with Crippen molar-refractivity contribution in [2.75, 3.05) is 37.6 Å². The molecule has 0 unspecified atom stereocenters. The predicted octanol–water partition coefficient (Wildman–Crippen LogP) is 3.59. The smallest absolute Gasteiger partial charge is 0.191 e. The van der Waals surface area contributed by atoms with Crippen molar-refractivity contribution < 1.29 is 0 Å². The Labute approximate surface area is 180 Å². The summed E-state index contributed by atoms with van der Waals surface area (Å²) in [4.78, 5) is 13.5. The molecule has 1 saturated heterocycles. The maximum absolute atomic E-state index is 6.23. The molecule has 5 nitrogen and oxygen atoms in total. The van der Waals surface area contributed by atoms with Gasteiger partial charge >= 0.3 is 0 Å². The largest absolute Gasteiger partial charge is 0.370 e. The maximum Gasteiger partial charge on any atom is 0.191 e. The van der Waals surface area contributed by atoms with Crippen LogP contribution in [0.2, 0.25) is 0 Å². The molecule has 27 heavy (non-hydrogen) atoms. The van der Waals surface area contributed by atoms with E-state index in [0.717, 1.165) is 37.7 Å². The van der Waals surface area contributed by atoms with Crippen LogP contribution in [-0.4, -0.2) is 48.6 Å². The van der Waals surface area contributed by atoms with Gasteiger partial charge in [0.2, 0.25) is 0 Å². The van der Waals surface area contributed by atoms with Gasteiger partial charge in [0.05, 0.1) is 0 Å². The lowest BCUT2D eigenvalue weighted by molar-refractivity contribution is 0.380. The lowest BCUT2D eigenvalue weighted by Gasteiger charge is -2.35. The molecule has 1 aliphatic heterocycles. The fraction of sp³-hybridized carbons (Fsp3) is 0.300. The zero-order valence-electron chi connectivity index (χ0n) is 15.1. The molecule has 2 aromatic carbocycles. The van der Waals surface area contributed by atoms with E-state index in [1.54, 1.807) is 11.3 Å². The molecule has 142 valence electrons. The van der Waals surface area contributed by atoms with Crippen LogP contribution >= 0.6 is 35.3 Å². The van der Waals surface area contributed by atoms with Crippen molar-refractivity contribution in [3.05, 3.63) is 59.6 Å². The van der Waals surface area contributed by atoms with E-state index in [0.29, 0.717) is 12.5 Å². The standard InChI is InChI=1S/C20H23N5S.HI/c21-19(24-11-13-25(14-12-24)20-23-10-15-26-20)22-9-8-17-6-3-5-16-4-1-2-7-18(16)17;/h1-7,10,15H,8-9,11-14H2,(H2,21,22);1H. The molecule has 0 atom stereocenters. The predicted molar refractivity (Wildman–Crippen MR) is 125 cm³/mol. The number of hydrogen-bond donors (Lipinski definition) is 1. The molecule has 1 aromatic heterocycles. The number of piperazine rings is 1. The van der Waals surface area contributed by atoms with Crippen molar-refractivity contribution in [1.29, 1.82) is 0 Å². The SMILES string of the molecule is I.NC(=NCCc1cccc2ccccc12)N1CCN(c2nccs2)CC1. The molecule has 0 aliphatic carbocycles. The Kier molecular flexibility index (Phi) is 6.89. The molecule has 0 radical (unpaired) electrons. The third kappa shape index (κ3) is 4.70. The van der Waals surface area contributed by atoms with Crippen LogP contribution in [0.4, 0.5) is 5.13 Å². The molecular formula is C20H24IN5S. The summed E-state index contributed by atoms with van der Waals surface area (Å²) in [7, 11) is 0. The Bertz CT molecular complexity index is 883. The van der Waals surface area contributed by atoms with Gasteiger partial charge < -0.3 is 15.5 Å². The number of guanidine groups is 1. The number of thiazole rings is 1. The maximum atomic E-state index is 6.23. The summed E-state index contributed by atoms with van der Waals surface area (Å²) in [5, 5.41) is 5.70. The minimum Gasteiger partial charge on any atom is -0.370 e. The van der Waals surface area contributed by atoms with E-state index in [-0.39, 0.29) is 24.0 Å². The van der Waals surface area contributed by atoms with E-state index in [1.165, 1.54) is 16.3 Å². The number of benzene rings is 2. The number of hydrogen-bond acceptors (Lipinski definition) is 4. The van der Waals surface area contributed by atoms with Gasteiger partial charge in [-0.25, -0.2) is 4.98 Å². The van der Waals surface area contributed by atoms with Crippen LogP contribution in [0.5, 0.6) is 0 Å². The first-order valence-electron chi connectivity index (χ1n) is 8.97. The molecule has 2 N–H and O–H groups in total. The van der Waals surface area contributed by atoms with Gasteiger partial charge in [0.15, 0.2) is 11.1 Å². The van der Waals surface area contributed by atoms with Gasteiger partial charge in [-0.3, -0.25) is 4.99 Å². The molecule has 0 spiro atoms. The summed E-state index contributed by atoms with van der Waals surface area (Å²) in [6, 6.07) is 14.9. The van der Waals surface area contributed by atoms with Gasteiger partial charge in [0.25, 0.3) is 0 Å². The van der Waals surface area contributed by atoms with Gasteiger partial charge in [-0.15, -0.1) is 35.3 Å². The van der Waals surface area contributed by atoms with Gasteiger partial charge in [-0.1, -0.05) is 42.5 Å². The fourth-order valence-corrected chi connectivity index (χ4v) is 4.10. The van der Waals surface area contributed by atoms with Crippen molar-refractivity contribution in [3.8, 4) is 0 Å². The molecule has 4 rings (SSSR count). The number of rotatable bonds is 4. The van der Waals surface area contributed by atoms with E-state index >= 15 is 0 Å². The Hall–Kier alpha value is -1.87. The Morgan fingerprint density at radius 3 is 2.63 bits per heavy atom. The van der Waals surface area contributed by atoms with Crippen LogP contribution in [0, 0.1) is 0 Å². The molecule has 1 fully saturated rings. The van der Waals surface area contributed by atoms with Crippen LogP contribution in [0.3, 0.4) is 0 Å². The average Bonchev–Trinajstić information content (AvgIpc) is 3.23. The lowest BCUT2D eigenvalue weighted by Crippen LogP contribution is -2.51. The number of aliphatic imine (C=N–C) groups is 1. The van der Waals surface area contributed by atoms with Crippen molar-refractivity contribution in [3.63, 3.8) is 0 Å². The molecule has 3 aromatic rings. The second kappa shape index (κ2) is 9.36. The molecule has 0 saturated carbocycles. The van der Waals surface area contributed by atoms with Gasteiger partial charge in [0, 0.05) is 44.3 Å². The normalized spacial score (nSPS) is 15.0. The minimum atomic E-state index is 0. The topological polar surface area (TPSA) is 57.8 Å². The summed E-state index contributed by atoms with van der Waals surface area (Å²) in [5.74, 6) is 0.657. The second-order valence-corrected chi connectivity index (χ2v) is 7.29. The number of nitrogens with zero attached hydrogens (tertiary/aromatic N) is 4. The Morgan fingerprint density at radius 2 is 1.85 bits per heavy atom. The number of aromatic nitrogens is 1. The number of anilines is 1. The van der Waals surface area contributed by atoms with E-state index in [2.05, 4.69) is 62.2 Å². The quantitative estimate of drug-likeness (QED) is 0.343. The van der Waals surface area contributed by atoms with Crippen LogP contribution in [0.25, 0.3) is 10.8 Å². The molecule has 2 heterocycles. The Balaban J connectivity index is 0.00000210. The van der Waals surface area contributed by atoms with Gasteiger partial charge in [-0.05, 0) is 22.8 Å². The number of halogens is 1. The molecule has 7 heteroatoms. The minimum absolute atomic E-state index is 0. The van der Waals surface area contributed by atoms with E-state index in [9.17, 15) is 0 Å². The number of nitrogens with two attached hydrogens (primary N) is 1. The highest BCUT2D eigenvalue weighted by molar-refractivity contribution is 14.0. The van der Waals surface area contributed by atoms with Crippen LogP contribution < -0.4 is 10.6 Å². The summed E-state index contributed by atoms with van der Waals surface area (Å²) in [6.07, 6.45) is 2.76.